The molecule has 0 saturated carbocycles. The molecule has 0 bridgehead atoms. The van der Waals surface area contributed by atoms with Crippen LogP contribution >= 0.6 is 0 Å². The topological polar surface area (TPSA) is 53.1 Å². The molecule has 2 heterocycles. The van der Waals surface area contributed by atoms with E-state index in [1.54, 1.807) is 18.1 Å². The first-order chi connectivity index (χ1) is 16.5. The molecular weight excluding hydrogens is 433 g/mol. The number of ether oxygens (including phenoxy) is 1. The number of nitrogens with zero attached hydrogens (tertiary/aromatic N) is 3. The van der Waals surface area contributed by atoms with Crippen molar-refractivity contribution in [2.45, 2.75) is 50.7 Å². The molecule has 6 nitrogen and oxygen atoms in total. The fraction of sp³-hybridized carbons (Fsp3) is 0.481. The fourth-order valence-electron chi connectivity index (χ4n) is 5.29. The van der Waals surface area contributed by atoms with Crippen LogP contribution in [0.5, 0.6) is 0 Å². The Hall–Kier alpha value is -2.77. The highest BCUT2D eigenvalue weighted by Gasteiger charge is 2.57. The van der Waals surface area contributed by atoms with Crippen molar-refractivity contribution < 1.29 is 18.7 Å². The number of urea groups is 1. The second-order valence-electron chi connectivity index (χ2n) is 9.37. The van der Waals surface area contributed by atoms with E-state index in [1.165, 1.54) is 11.0 Å². The fourth-order valence-corrected chi connectivity index (χ4v) is 5.29. The summed E-state index contributed by atoms with van der Waals surface area (Å²) in [6, 6.07) is 16.5. The van der Waals surface area contributed by atoms with Gasteiger partial charge in [-0.1, -0.05) is 48.5 Å². The smallest absolute Gasteiger partial charge is 0.327 e. The number of methoxy groups -OCH3 is 1. The first-order valence-electron chi connectivity index (χ1n) is 12.1. The summed E-state index contributed by atoms with van der Waals surface area (Å²) in [4.78, 5) is 32.6. The van der Waals surface area contributed by atoms with Crippen LogP contribution in [-0.2, 0) is 22.5 Å². The van der Waals surface area contributed by atoms with E-state index in [9.17, 15) is 14.0 Å². The van der Waals surface area contributed by atoms with Crippen molar-refractivity contribution in [1.29, 1.82) is 0 Å². The van der Waals surface area contributed by atoms with Crippen LogP contribution in [0.1, 0.15) is 37.3 Å². The summed E-state index contributed by atoms with van der Waals surface area (Å²) in [6.45, 7) is 4.80. The van der Waals surface area contributed by atoms with Gasteiger partial charge in [0.25, 0.3) is 5.91 Å². The third-order valence-electron chi connectivity index (χ3n) is 7.26. The number of halogens is 1. The molecule has 182 valence electrons. The number of amides is 3. The van der Waals surface area contributed by atoms with Gasteiger partial charge in [-0.05, 0) is 49.8 Å². The van der Waals surface area contributed by atoms with Gasteiger partial charge in [-0.2, -0.15) is 0 Å². The van der Waals surface area contributed by atoms with E-state index in [0.717, 1.165) is 5.56 Å². The lowest BCUT2D eigenvalue weighted by atomic mass is 9.84. The van der Waals surface area contributed by atoms with Gasteiger partial charge in [-0.3, -0.25) is 9.69 Å². The van der Waals surface area contributed by atoms with E-state index in [2.05, 4.69) is 11.8 Å². The van der Waals surface area contributed by atoms with E-state index >= 15 is 0 Å². The molecule has 2 aliphatic heterocycles. The van der Waals surface area contributed by atoms with Crippen molar-refractivity contribution in [3.8, 4) is 0 Å². The van der Waals surface area contributed by atoms with E-state index < -0.39 is 5.54 Å². The van der Waals surface area contributed by atoms with Gasteiger partial charge in [-0.25, -0.2) is 9.18 Å². The Morgan fingerprint density at radius 1 is 1.03 bits per heavy atom. The van der Waals surface area contributed by atoms with Gasteiger partial charge in [0, 0.05) is 39.4 Å². The summed E-state index contributed by atoms with van der Waals surface area (Å²) < 4.78 is 19.4. The Labute approximate surface area is 201 Å². The number of imide groups is 1. The molecule has 2 aromatic rings. The van der Waals surface area contributed by atoms with Crippen molar-refractivity contribution in [3.63, 3.8) is 0 Å². The predicted molar refractivity (Wildman–Crippen MR) is 129 cm³/mol. The Balaban J connectivity index is 1.49. The van der Waals surface area contributed by atoms with E-state index in [-0.39, 0.29) is 30.3 Å². The number of carbonyl (C=O) groups is 2. The highest BCUT2D eigenvalue weighted by Crippen LogP contribution is 2.38. The lowest BCUT2D eigenvalue weighted by Gasteiger charge is -2.44. The highest BCUT2D eigenvalue weighted by atomic mass is 19.1. The normalized spacial score (nSPS) is 19.3. The molecule has 0 radical (unpaired) electrons. The van der Waals surface area contributed by atoms with Crippen LogP contribution in [0.2, 0.25) is 0 Å². The SMILES string of the molecule is COCCCN1C(=O)N(Cc2ccccc2)C(=O)C12CCN([C@@H](C)Cc1ccccc1F)CC2. The lowest BCUT2D eigenvalue weighted by molar-refractivity contribution is -0.136. The lowest BCUT2D eigenvalue weighted by Crippen LogP contribution is -2.58. The van der Waals surface area contributed by atoms with E-state index in [1.807, 2.05) is 42.5 Å². The molecule has 0 unspecified atom stereocenters. The minimum absolute atomic E-state index is 0.0971. The van der Waals surface area contributed by atoms with Gasteiger partial charge in [-0.15, -0.1) is 0 Å². The second-order valence-corrected chi connectivity index (χ2v) is 9.37. The summed E-state index contributed by atoms with van der Waals surface area (Å²) >= 11 is 0. The van der Waals surface area contributed by atoms with Crippen molar-refractivity contribution in [3.05, 3.63) is 71.5 Å². The van der Waals surface area contributed by atoms with Gasteiger partial charge in [0.1, 0.15) is 11.4 Å². The molecule has 2 fully saturated rings. The van der Waals surface area contributed by atoms with Crippen molar-refractivity contribution in [2.24, 2.45) is 0 Å². The van der Waals surface area contributed by atoms with Gasteiger partial charge in [0.05, 0.1) is 6.54 Å². The molecule has 3 amide bonds. The maximum Gasteiger partial charge on any atom is 0.327 e. The maximum atomic E-state index is 14.1. The van der Waals surface area contributed by atoms with Crippen molar-refractivity contribution in [1.82, 2.24) is 14.7 Å². The number of hydrogen-bond acceptors (Lipinski definition) is 4. The first-order valence-corrected chi connectivity index (χ1v) is 12.1. The van der Waals surface area contributed by atoms with Gasteiger partial charge >= 0.3 is 6.03 Å². The zero-order valence-electron chi connectivity index (χ0n) is 20.1. The van der Waals surface area contributed by atoms with Crippen LogP contribution in [0.15, 0.2) is 54.6 Å². The summed E-state index contributed by atoms with van der Waals surface area (Å²) in [5.41, 5.74) is 0.833. The molecule has 2 saturated heterocycles. The van der Waals surface area contributed by atoms with Gasteiger partial charge in [0.15, 0.2) is 0 Å². The number of rotatable bonds is 9. The Kier molecular flexibility index (Phi) is 7.63. The highest BCUT2D eigenvalue weighted by molar-refractivity contribution is 6.07. The van der Waals surface area contributed by atoms with Crippen LogP contribution in [0, 0.1) is 5.82 Å². The average Bonchev–Trinajstić information content (AvgIpc) is 3.03. The molecule has 0 N–H and O–H groups in total. The third-order valence-corrected chi connectivity index (χ3v) is 7.26. The van der Waals surface area contributed by atoms with Gasteiger partial charge in [0.2, 0.25) is 0 Å². The standard InChI is InChI=1S/C27H34FN3O3/c1-21(19-23-11-6-7-12-24(23)28)29-16-13-27(14-17-29)25(32)30(20-22-9-4-3-5-10-22)26(33)31(27)15-8-18-34-2/h3-7,9-12,21H,8,13-20H2,1-2H3/t21-/m0/s1. The Morgan fingerprint density at radius 3 is 2.38 bits per heavy atom. The molecule has 2 aliphatic rings. The largest absolute Gasteiger partial charge is 0.385 e. The van der Waals surface area contributed by atoms with E-state index in [4.69, 9.17) is 4.74 Å². The Bertz CT molecular complexity index is 992. The molecule has 0 aliphatic carbocycles. The minimum atomic E-state index is -0.812. The quantitative estimate of drug-likeness (QED) is 0.412. The number of likely N-dealkylation sites (tertiary alicyclic amines) is 1. The van der Waals surface area contributed by atoms with E-state index in [0.29, 0.717) is 57.5 Å². The Morgan fingerprint density at radius 2 is 1.71 bits per heavy atom. The molecule has 4 rings (SSSR count). The zero-order valence-corrected chi connectivity index (χ0v) is 20.1. The number of carbonyl (C=O) groups excluding carboxylic acids is 2. The maximum absolute atomic E-state index is 14.1. The number of piperidine rings is 1. The molecule has 1 spiro atoms. The average molecular weight is 468 g/mol. The van der Waals surface area contributed by atoms with Gasteiger partial charge < -0.3 is 14.5 Å². The zero-order chi connectivity index (χ0) is 24.1. The van der Waals surface area contributed by atoms with Crippen molar-refractivity contribution in [2.75, 3.05) is 33.4 Å². The van der Waals surface area contributed by atoms with Crippen molar-refractivity contribution >= 4 is 11.9 Å². The molecule has 7 heteroatoms. The van der Waals surface area contributed by atoms with Crippen LogP contribution in [0.4, 0.5) is 9.18 Å². The van der Waals surface area contributed by atoms with Crippen LogP contribution in [0.3, 0.4) is 0 Å². The summed E-state index contributed by atoms with van der Waals surface area (Å²) in [6.07, 6.45) is 2.46. The summed E-state index contributed by atoms with van der Waals surface area (Å²) in [5.74, 6) is -0.277. The van der Waals surface area contributed by atoms with Crippen LogP contribution in [0.25, 0.3) is 0 Å². The first kappa shape index (κ1) is 24.4. The molecular formula is C27H34FN3O3. The predicted octanol–water partition coefficient (Wildman–Crippen LogP) is 4.09. The third kappa shape index (κ3) is 4.86. The molecule has 0 aromatic heterocycles. The second kappa shape index (κ2) is 10.7. The number of hydrogen-bond donors (Lipinski definition) is 0. The monoisotopic (exact) mass is 467 g/mol. The minimum Gasteiger partial charge on any atom is -0.385 e. The van der Waals surface area contributed by atoms with Crippen LogP contribution in [-0.4, -0.2) is 71.6 Å². The molecule has 34 heavy (non-hydrogen) atoms. The summed E-state index contributed by atoms with van der Waals surface area (Å²) in [7, 11) is 1.64. The summed E-state index contributed by atoms with van der Waals surface area (Å²) in [5, 5.41) is 0. The number of benzene rings is 2. The molecule has 2 aromatic carbocycles. The van der Waals surface area contributed by atoms with Crippen LogP contribution < -0.4 is 0 Å². The molecule has 1 atom stereocenters.